The Morgan fingerprint density at radius 3 is 2.80 bits per heavy atom. The summed E-state index contributed by atoms with van der Waals surface area (Å²) < 4.78 is 5.07. The normalized spacial score (nSPS) is 12.7. The first-order chi connectivity index (χ1) is 7.22. The van der Waals surface area contributed by atoms with Crippen molar-refractivity contribution in [2.45, 2.75) is 26.2 Å². The smallest absolute Gasteiger partial charge is 0.0713 e. The maximum absolute atomic E-state index is 9.09. The van der Waals surface area contributed by atoms with Crippen molar-refractivity contribution in [3.63, 3.8) is 0 Å². The van der Waals surface area contributed by atoms with Gasteiger partial charge in [0.1, 0.15) is 0 Å². The van der Waals surface area contributed by atoms with Gasteiger partial charge in [-0.3, -0.25) is 0 Å². The van der Waals surface area contributed by atoms with Gasteiger partial charge in [0, 0.05) is 20.2 Å². The van der Waals surface area contributed by atoms with Crippen molar-refractivity contribution in [3.8, 4) is 0 Å². The zero-order valence-electron chi connectivity index (χ0n) is 9.36. The van der Waals surface area contributed by atoms with E-state index in [9.17, 15) is 0 Å². The predicted molar refractivity (Wildman–Crippen MR) is 60.5 cm³/mol. The summed E-state index contributed by atoms with van der Waals surface area (Å²) in [6.45, 7) is 3.82. The van der Waals surface area contributed by atoms with Crippen LogP contribution in [0.1, 0.15) is 18.1 Å². The molecule has 84 valence electrons. The quantitative estimate of drug-likeness (QED) is 0.742. The van der Waals surface area contributed by atoms with Gasteiger partial charge in [-0.15, -0.1) is 0 Å². The zero-order valence-corrected chi connectivity index (χ0v) is 9.36. The van der Waals surface area contributed by atoms with E-state index in [1.807, 2.05) is 12.1 Å². The monoisotopic (exact) mass is 209 g/mol. The minimum Gasteiger partial charge on any atom is -0.392 e. The molecular formula is C12H19NO2. The summed E-state index contributed by atoms with van der Waals surface area (Å²) in [5.41, 5.74) is 2.39. The molecule has 1 aromatic rings. The van der Waals surface area contributed by atoms with Crippen LogP contribution in [-0.2, 0) is 17.9 Å². The summed E-state index contributed by atoms with van der Waals surface area (Å²) in [6.07, 6.45) is -0.299. The predicted octanol–water partition coefficient (Wildman–Crippen LogP) is 1.30. The van der Waals surface area contributed by atoms with Crippen molar-refractivity contribution in [1.82, 2.24) is 5.32 Å². The van der Waals surface area contributed by atoms with Crippen molar-refractivity contribution >= 4 is 0 Å². The highest BCUT2D eigenvalue weighted by atomic mass is 16.5. The Morgan fingerprint density at radius 1 is 1.40 bits per heavy atom. The third-order valence-corrected chi connectivity index (χ3v) is 2.07. The number of aliphatic hydroxyl groups is 1. The molecule has 0 amide bonds. The van der Waals surface area contributed by atoms with E-state index in [1.165, 1.54) is 11.1 Å². The fourth-order valence-corrected chi connectivity index (χ4v) is 1.42. The number of aliphatic hydroxyl groups excluding tert-OH is 1. The van der Waals surface area contributed by atoms with E-state index >= 15 is 0 Å². The lowest BCUT2D eigenvalue weighted by Gasteiger charge is -2.08. The summed E-state index contributed by atoms with van der Waals surface area (Å²) in [6, 6.07) is 8.24. The summed E-state index contributed by atoms with van der Waals surface area (Å²) in [4.78, 5) is 0. The second kappa shape index (κ2) is 6.56. The van der Waals surface area contributed by atoms with Crippen LogP contribution in [0.3, 0.4) is 0 Å². The lowest BCUT2D eigenvalue weighted by molar-refractivity contribution is 0.184. The highest BCUT2D eigenvalue weighted by molar-refractivity contribution is 5.22. The van der Waals surface area contributed by atoms with Gasteiger partial charge in [-0.25, -0.2) is 0 Å². The van der Waals surface area contributed by atoms with E-state index in [1.54, 1.807) is 14.0 Å². The molecule has 2 N–H and O–H groups in total. The molecule has 0 aliphatic carbocycles. The average Bonchev–Trinajstić information content (AvgIpc) is 2.18. The first kappa shape index (κ1) is 12.2. The highest BCUT2D eigenvalue weighted by Gasteiger charge is 1.97. The number of hydrogen-bond donors (Lipinski definition) is 2. The fraction of sp³-hybridized carbons (Fsp3) is 0.500. The summed E-state index contributed by atoms with van der Waals surface area (Å²) >= 11 is 0. The summed E-state index contributed by atoms with van der Waals surface area (Å²) in [7, 11) is 1.69. The molecule has 15 heavy (non-hydrogen) atoms. The van der Waals surface area contributed by atoms with Crippen LogP contribution in [0.2, 0.25) is 0 Å². The number of benzene rings is 1. The van der Waals surface area contributed by atoms with Crippen molar-refractivity contribution in [2.24, 2.45) is 0 Å². The van der Waals surface area contributed by atoms with E-state index in [-0.39, 0.29) is 6.10 Å². The molecule has 0 saturated carbocycles. The molecule has 0 fully saturated rings. The number of rotatable bonds is 6. The number of hydrogen-bond acceptors (Lipinski definition) is 3. The van der Waals surface area contributed by atoms with Gasteiger partial charge in [-0.1, -0.05) is 24.3 Å². The maximum atomic E-state index is 9.09. The SMILES string of the molecule is COCc1cccc(CNCC(C)O)c1. The first-order valence-electron chi connectivity index (χ1n) is 5.18. The lowest BCUT2D eigenvalue weighted by Crippen LogP contribution is -2.23. The van der Waals surface area contributed by atoms with Crippen molar-refractivity contribution in [2.75, 3.05) is 13.7 Å². The van der Waals surface area contributed by atoms with Gasteiger partial charge in [0.25, 0.3) is 0 Å². The van der Waals surface area contributed by atoms with Crippen LogP contribution in [0.15, 0.2) is 24.3 Å². The highest BCUT2D eigenvalue weighted by Crippen LogP contribution is 2.06. The first-order valence-corrected chi connectivity index (χ1v) is 5.18. The molecule has 1 aromatic carbocycles. The van der Waals surface area contributed by atoms with Gasteiger partial charge in [-0.05, 0) is 18.1 Å². The Hall–Kier alpha value is -0.900. The molecule has 1 rings (SSSR count). The summed E-state index contributed by atoms with van der Waals surface area (Å²) in [5, 5.41) is 12.3. The third-order valence-electron chi connectivity index (χ3n) is 2.07. The number of ether oxygens (including phenoxy) is 1. The van der Waals surface area contributed by atoms with Crippen molar-refractivity contribution in [3.05, 3.63) is 35.4 Å². The van der Waals surface area contributed by atoms with Crippen LogP contribution in [0.5, 0.6) is 0 Å². The van der Waals surface area contributed by atoms with Crippen LogP contribution in [0.25, 0.3) is 0 Å². The second-order valence-corrected chi connectivity index (χ2v) is 3.73. The minimum atomic E-state index is -0.299. The van der Waals surface area contributed by atoms with E-state index in [0.717, 1.165) is 6.54 Å². The van der Waals surface area contributed by atoms with Crippen molar-refractivity contribution < 1.29 is 9.84 Å². The average molecular weight is 209 g/mol. The largest absolute Gasteiger partial charge is 0.392 e. The van der Waals surface area contributed by atoms with Crippen LogP contribution < -0.4 is 5.32 Å². The molecule has 3 nitrogen and oxygen atoms in total. The van der Waals surface area contributed by atoms with Gasteiger partial charge >= 0.3 is 0 Å². The Bertz CT molecular complexity index is 287. The zero-order chi connectivity index (χ0) is 11.1. The molecule has 1 atom stereocenters. The van der Waals surface area contributed by atoms with Crippen LogP contribution in [0, 0.1) is 0 Å². The molecule has 0 heterocycles. The fourth-order valence-electron chi connectivity index (χ4n) is 1.42. The molecule has 0 aromatic heterocycles. The van der Waals surface area contributed by atoms with E-state index in [4.69, 9.17) is 9.84 Å². The Kier molecular flexibility index (Phi) is 5.32. The van der Waals surface area contributed by atoms with Crippen LogP contribution in [-0.4, -0.2) is 24.9 Å². The van der Waals surface area contributed by atoms with Gasteiger partial charge in [0.2, 0.25) is 0 Å². The molecule has 0 aliphatic rings. The number of methoxy groups -OCH3 is 1. The van der Waals surface area contributed by atoms with E-state index < -0.39 is 0 Å². The summed E-state index contributed by atoms with van der Waals surface area (Å²) in [5.74, 6) is 0. The molecule has 0 saturated heterocycles. The molecule has 0 radical (unpaired) electrons. The molecule has 0 spiro atoms. The Labute approximate surface area is 91.1 Å². The van der Waals surface area contributed by atoms with Gasteiger partial charge in [-0.2, -0.15) is 0 Å². The molecule has 0 aliphatic heterocycles. The standard InChI is InChI=1S/C12H19NO2/c1-10(14)7-13-8-11-4-3-5-12(6-11)9-15-2/h3-6,10,13-14H,7-9H2,1-2H3. The van der Waals surface area contributed by atoms with E-state index in [2.05, 4.69) is 17.4 Å². The molecular weight excluding hydrogens is 190 g/mol. The minimum absolute atomic E-state index is 0.299. The Balaban J connectivity index is 2.43. The number of nitrogens with one attached hydrogen (secondary N) is 1. The van der Waals surface area contributed by atoms with Crippen LogP contribution >= 0.6 is 0 Å². The van der Waals surface area contributed by atoms with Gasteiger partial charge in [0.05, 0.1) is 12.7 Å². The lowest BCUT2D eigenvalue weighted by atomic mass is 10.1. The van der Waals surface area contributed by atoms with E-state index in [0.29, 0.717) is 13.2 Å². The van der Waals surface area contributed by atoms with Crippen LogP contribution in [0.4, 0.5) is 0 Å². The van der Waals surface area contributed by atoms with Gasteiger partial charge < -0.3 is 15.2 Å². The van der Waals surface area contributed by atoms with Crippen molar-refractivity contribution in [1.29, 1.82) is 0 Å². The second-order valence-electron chi connectivity index (χ2n) is 3.73. The molecule has 1 unspecified atom stereocenters. The topological polar surface area (TPSA) is 41.5 Å². The maximum Gasteiger partial charge on any atom is 0.0713 e. The third kappa shape index (κ3) is 4.93. The Morgan fingerprint density at radius 2 is 2.13 bits per heavy atom. The molecule has 3 heteroatoms. The molecule has 0 bridgehead atoms. The van der Waals surface area contributed by atoms with Gasteiger partial charge in [0.15, 0.2) is 0 Å².